The van der Waals surface area contributed by atoms with Gasteiger partial charge in [-0.1, -0.05) is 29.3 Å². The molecule has 3 fully saturated rings. The number of fused-ring (bicyclic) bond motifs is 2. The summed E-state index contributed by atoms with van der Waals surface area (Å²) in [6.07, 6.45) is 4.83. The first-order valence-corrected chi connectivity index (χ1v) is 12.6. The number of halogens is 3. The van der Waals surface area contributed by atoms with Crippen molar-refractivity contribution < 1.29 is 23.8 Å². The Balaban J connectivity index is 1.22. The van der Waals surface area contributed by atoms with Gasteiger partial charge in [-0.05, 0) is 67.5 Å². The van der Waals surface area contributed by atoms with Crippen molar-refractivity contribution in [3.05, 3.63) is 75.3 Å². The SMILES string of the molecule is O=C(O)c1ccc(N2C(=O)[C@@H]3C[C@H]2C[C@H]3OCc2c(C3CC3)cnn2-c2c(Cl)cccc2Cl)c(F)c1. The van der Waals surface area contributed by atoms with Crippen LogP contribution >= 0.6 is 23.2 Å². The number of amides is 1. The van der Waals surface area contributed by atoms with Crippen molar-refractivity contribution in [3.63, 3.8) is 0 Å². The first-order valence-electron chi connectivity index (χ1n) is 11.8. The number of benzene rings is 2. The highest BCUT2D eigenvalue weighted by Gasteiger charge is 2.52. The standard InChI is InChI=1S/C26H22Cl2FN3O4/c27-18-2-1-3-19(28)24(18)32-22(17(11-30-32)13-4-5-13)12-36-23-10-15-9-16(23)25(33)31(15)21-7-6-14(26(34)35)8-20(21)29/h1-3,6-8,11,13,15-16,23H,4-5,9-10,12H2,(H,34,35)/t15-,16+,23+/m0/s1. The fourth-order valence-corrected chi connectivity index (χ4v) is 6.03. The van der Waals surface area contributed by atoms with Crippen LogP contribution in [0.4, 0.5) is 10.1 Å². The molecule has 36 heavy (non-hydrogen) atoms. The van der Waals surface area contributed by atoms with Crippen LogP contribution in [0.25, 0.3) is 5.69 Å². The minimum Gasteiger partial charge on any atom is -0.478 e. The summed E-state index contributed by atoms with van der Waals surface area (Å²) in [6.45, 7) is 0.246. The average Bonchev–Trinajstić information content (AvgIpc) is 3.35. The largest absolute Gasteiger partial charge is 0.478 e. The van der Waals surface area contributed by atoms with E-state index in [2.05, 4.69) is 5.10 Å². The van der Waals surface area contributed by atoms with Gasteiger partial charge < -0.3 is 14.7 Å². The number of carboxylic acids is 1. The zero-order valence-electron chi connectivity index (χ0n) is 19.0. The maximum absolute atomic E-state index is 14.7. The average molecular weight is 530 g/mol. The molecule has 1 aliphatic heterocycles. The number of ether oxygens (including phenoxy) is 1. The number of para-hydroxylation sites is 1. The molecule has 0 unspecified atom stereocenters. The highest BCUT2D eigenvalue weighted by Crippen LogP contribution is 2.46. The number of hydrogen-bond donors (Lipinski definition) is 1. The lowest BCUT2D eigenvalue weighted by atomic mass is 10.0. The number of piperidine rings is 1. The van der Waals surface area contributed by atoms with Gasteiger partial charge in [0.25, 0.3) is 0 Å². The topological polar surface area (TPSA) is 84.7 Å². The molecule has 2 saturated carbocycles. The maximum atomic E-state index is 14.7. The fourth-order valence-electron chi connectivity index (χ4n) is 5.47. The lowest BCUT2D eigenvalue weighted by Gasteiger charge is -2.31. The zero-order chi connectivity index (χ0) is 25.1. The summed E-state index contributed by atoms with van der Waals surface area (Å²) in [5.41, 5.74) is 2.52. The summed E-state index contributed by atoms with van der Waals surface area (Å²) in [4.78, 5) is 25.8. The van der Waals surface area contributed by atoms with E-state index in [4.69, 9.17) is 33.0 Å². The number of carboxylic acid groups (broad SMARTS) is 1. The minimum atomic E-state index is -1.22. The maximum Gasteiger partial charge on any atom is 0.335 e. The molecule has 3 aliphatic rings. The molecule has 6 rings (SSSR count). The lowest BCUT2D eigenvalue weighted by molar-refractivity contribution is -0.126. The number of carbonyl (C=O) groups is 2. The van der Waals surface area contributed by atoms with Crippen LogP contribution in [0.1, 0.15) is 53.2 Å². The Morgan fingerprint density at radius 2 is 1.92 bits per heavy atom. The molecule has 1 saturated heterocycles. The number of anilines is 1. The molecule has 2 heterocycles. The molecule has 10 heteroatoms. The Morgan fingerprint density at radius 3 is 2.56 bits per heavy atom. The van der Waals surface area contributed by atoms with Gasteiger partial charge in [0.2, 0.25) is 5.91 Å². The molecule has 1 aromatic heterocycles. The van der Waals surface area contributed by atoms with Crippen molar-refractivity contribution in [2.45, 2.75) is 50.4 Å². The number of rotatable bonds is 7. The Bertz CT molecular complexity index is 1370. The quantitative estimate of drug-likeness (QED) is 0.430. The zero-order valence-corrected chi connectivity index (χ0v) is 20.5. The van der Waals surface area contributed by atoms with Gasteiger partial charge in [0, 0.05) is 6.04 Å². The van der Waals surface area contributed by atoms with Gasteiger partial charge in [-0.3, -0.25) is 4.79 Å². The van der Waals surface area contributed by atoms with E-state index in [1.54, 1.807) is 22.9 Å². The van der Waals surface area contributed by atoms with E-state index in [9.17, 15) is 14.0 Å². The summed E-state index contributed by atoms with van der Waals surface area (Å²) in [7, 11) is 0. The molecule has 7 nitrogen and oxygen atoms in total. The molecule has 3 atom stereocenters. The molecule has 0 spiro atoms. The number of aromatic carboxylic acids is 1. The summed E-state index contributed by atoms with van der Waals surface area (Å²) >= 11 is 12.9. The molecule has 0 radical (unpaired) electrons. The summed E-state index contributed by atoms with van der Waals surface area (Å²) < 4.78 is 22.7. The first kappa shape index (κ1) is 23.5. The molecule has 2 aliphatic carbocycles. The molecule has 186 valence electrons. The molecule has 3 aromatic rings. The normalized spacial score (nSPS) is 23.0. The monoisotopic (exact) mass is 529 g/mol. The molecular formula is C26H22Cl2FN3O4. The van der Waals surface area contributed by atoms with Crippen molar-refractivity contribution in [2.75, 3.05) is 4.90 Å². The molecule has 1 amide bonds. The number of hydrogen-bond acceptors (Lipinski definition) is 4. The van der Waals surface area contributed by atoms with Crippen LogP contribution in [-0.4, -0.2) is 38.9 Å². The number of aromatic nitrogens is 2. The Hall–Kier alpha value is -2.94. The lowest BCUT2D eigenvalue weighted by Crippen LogP contribution is -2.43. The van der Waals surface area contributed by atoms with Crippen LogP contribution in [0.5, 0.6) is 0 Å². The number of nitrogens with zero attached hydrogens (tertiary/aromatic N) is 3. The van der Waals surface area contributed by atoms with Crippen molar-refractivity contribution in [1.29, 1.82) is 0 Å². The predicted octanol–water partition coefficient (Wildman–Crippen LogP) is 5.60. The van der Waals surface area contributed by atoms with Crippen molar-refractivity contribution in [3.8, 4) is 5.69 Å². The summed E-state index contributed by atoms with van der Waals surface area (Å²) in [5, 5.41) is 14.6. The fraction of sp³-hybridized carbons (Fsp3) is 0.346. The second-order valence-electron chi connectivity index (χ2n) is 9.56. The van der Waals surface area contributed by atoms with E-state index in [1.165, 1.54) is 17.0 Å². The van der Waals surface area contributed by atoms with E-state index >= 15 is 0 Å². The third-order valence-corrected chi connectivity index (χ3v) is 7.96. The van der Waals surface area contributed by atoms with Crippen LogP contribution in [-0.2, 0) is 16.1 Å². The second-order valence-corrected chi connectivity index (χ2v) is 10.4. The van der Waals surface area contributed by atoms with E-state index in [0.29, 0.717) is 34.5 Å². The molecule has 1 N–H and O–H groups in total. The molecular weight excluding hydrogens is 508 g/mol. The highest BCUT2D eigenvalue weighted by molar-refractivity contribution is 6.37. The van der Waals surface area contributed by atoms with Gasteiger partial charge >= 0.3 is 5.97 Å². The van der Waals surface area contributed by atoms with Gasteiger partial charge in [0.15, 0.2) is 0 Å². The minimum absolute atomic E-state index is 0.110. The first-order chi connectivity index (χ1) is 17.3. The third kappa shape index (κ3) is 3.88. The molecule has 2 bridgehead atoms. The van der Waals surface area contributed by atoms with Gasteiger partial charge in [0.05, 0.1) is 51.8 Å². The third-order valence-electron chi connectivity index (χ3n) is 7.35. The Labute approximate surface area is 216 Å². The summed E-state index contributed by atoms with van der Waals surface area (Å²) in [6, 6.07) is 8.72. The van der Waals surface area contributed by atoms with Crippen LogP contribution in [0.3, 0.4) is 0 Å². The highest BCUT2D eigenvalue weighted by atomic mass is 35.5. The van der Waals surface area contributed by atoms with Gasteiger partial charge in [-0.2, -0.15) is 5.10 Å². The Morgan fingerprint density at radius 1 is 1.17 bits per heavy atom. The van der Waals surface area contributed by atoms with E-state index in [1.807, 2.05) is 6.20 Å². The van der Waals surface area contributed by atoms with Crippen LogP contribution < -0.4 is 4.90 Å². The predicted molar refractivity (Wildman–Crippen MR) is 131 cm³/mol. The second kappa shape index (κ2) is 8.87. The van der Waals surface area contributed by atoms with Gasteiger partial charge in [-0.25, -0.2) is 13.9 Å². The van der Waals surface area contributed by atoms with Gasteiger partial charge in [0.1, 0.15) is 11.5 Å². The smallest absolute Gasteiger partial charge is 0.335 e. The van der Waals surface area contributed by atoms with E-state index in [0.717, 1.165) is 30.2 Å². The van der Waals surface area contributed by atoms with Crippen LogP contribution in [0.2, 0.25) is 10.0 Å². The van der Waals surface area contributed by atoms with Crippen molar-refractivity contribution in [2.24, 2.45) is 5.92 Å². The molecule has 2 aromatic carbocycles. The summed E-state index contributed by atoms with van der Waals surface area (Å²) in [5.74, 6) is -2.11. The Kier molecular flexibility index (Phi) is 5.78. The van der Waals surface area contributed by atoms with Gasteiger partial charge in [-0.15, -0.1) is 0 Å². The number of carbonyl (C=O) groups excluding carboxylic acids is 1. The van der Waals surface area contributed by atoms with Crippen LogP contribution in [0.15, 0.2) is 42.6 Å². The van der Waals surface area contributed by atoms with E-state index in [-0.39, 0.29) is 35.9 Å². The van der Waals surface area contributed by atoms with Crippen molar-refractivity contribution >= 4 is 40.8 Å². The van der Waals surface area contributed by atoms with Crippen molar-refractivity contribution in [1.82, 2.24) is 9.78 Å². The van der Waals surface area contributed by atoms with Crippen LogP contribution in [0, 0.1) is 11.7 Å². The van der Waals surface area contributed by atoms with E-state index < -0.39 is 17.7 Å².